The lowest BCUT2D eigenvalue weighted by Crippen LogP contribution is -3.10. The van der Waals surface area contributed by atoms with Crippen molar-refractivity contribution in [2.45, 2.75) is 25.2 Å². The maximum atomic E-state index is 12.8. The van der Waals surface area contributed by atoms with Crippen molar-refractivity contribution in [3.05, 3.63) is 76.0 Å². The van der Waals surface area contributed by atoms with Crippen molar-refractivity contribution in [2.75, 3.05) is 26.2 Å². The molecule has 1 aliphatic heterocycles. The maximum absolute atomic E-state index is 12.8. The number of fused-ring (bicyclic) bond motifs is 1. The van der Waals surface area contributed by atoms with E-state index in [1.54, 1.807) is 17.0 Å². The van der Waals surface area contributed by atoms with Crippen LogP contribution in [0.3, 0.4) is 0 Å². The third kappa shape index (κ3) is 4.52. The molecule has 3 aromatic rings. The van der Waals surface area contributed by atoms with Gasteiger partial charge in [-0.2, -0.15) is 0 Å². The summed E-state index contributed by atoms with van der Waals surface area (Å²) in [4.78, 5) is 28.5. The molecule has 7 nitrogen and oxygen atoms in total. The largest absolute Gasteiger partial charge is 0.361 e. The summed E-state index contributed by atoms with van der Waals surface area (Å²) in [6.45, 7) is 3.97. The average molecular weight is 407 g/mol. The number of para-hydroxylation sites is 1. The molecule has 2 aromatic carbocycles. The molecule has 0 bridgehead atoms. The molecule has 0 unspecified atom stereocenters. The van der Waals surface area contributed by atoms with Gasteiger partial charge in [0.1, 0.15) is 0 Å². The topological polar surface area (TPSA) is 92.5 Å². The summed E-state index contributed by atoms with van der Waals surface area (Å²) in [5, 5.41) is 15.4. The summed E-state index contributed by atoms with van der Waals surface area (Å²) in [5.41, 5.74) is 2.78. The van der Waals surface area contributed by atoms with Crippen LogP contribution in [0, 0.1) is 10.1 Å². The van der Waals surface area contributed by atoms with E-state index in [-0.39, 0.29) is 23.9 Å². The molecule has 1 aromatic heterocycles. The number of amides is 1. The first kappa shape index (κ1) is 20.1. The first-order valence-corrected chi connectivity index (χ1v) is 10.5. The molecule has 1 saturated heterocycles. The highest BCUT2D eigenvalue weighted by Crippen LogP contribution is 2.34. The number of nitro groups is 1. The van der Waals surface area contributed by atoms with Gasteiger partial charge < -0.3 is 15.2 Å². The molecule has 1 aliphatic rings. The Morgan fingerprint density at radius 1 is 1.17 bits per heavy atom. The van der Waals surface area contributed by atoms with Crippen molar-refractivity contribution in [1.29, 1.82) is 0 Å². The van der Waals surface area contributed by atoms with Gasteiger partial charge in [-0.15, -0.1) is 0 Å². The van der Waals surface area contributed by atoms with E-state index in [1.165, 1.54) is 32.0 Å². The molecule has 1 amide bonds. The fourth-order valence-electron chi connectivity index (χ4n) is 4.41. The molecule has 0 saturated carbocycles. The van der Waals surface area contributed by atoms with Crippen molar-refractivity contribution in [3.63, 3.8) is 0 Å². The lowest BCUT2D eigenvalue weighted by atomic mass is 9.87. The minimum absolute atomic E-state index is 0.0321. The third-order valence-electron chi connectivity index (χ3n) is 5.98. The van der Waals surface area contributed by atoms with Crippen LogP contribution in [0.4, 0.5) is 5.69 Å². The molecule has 2 heterocycles. The minimum atomic E-state index is -0.394. The molecule has 3 N–H and O–H groups in total. The van der Waals surface area contributed by atoms with Gasteiger partial charge in [0, 0.05) is 54.4 Å². The molecular weight excluding hydrogens is 380 g/mol. The van der Waals surface area contributed by atoms with Crippen LogP contribution in [-0.2, 0) is 4.79 Å². The van der Waals surface area contributed by atoms with Gasteiger partial charge >= 0.3 is 0 Å². The highest BCUT2D eigenvalue weighted by molar-refractivity contribution is 5.86. The fourth-order valence-corrected chi connectivity index (χ4v) is 4.41. The second-order valence-corrected chi connectivity index (χ2v) is 7.96. The van der Waals surface area contributed by atoms with E-state index in [0.717, 1.165) is 28.6 Å². The number of nitro benzene ring substituents is 1. The van der Waals surface area contributed by atoms with Gasteiger partial charge in [0.05, 0.1) is 31.1 Å². The van der Waals surface area contributed by atoms with Gasteiger partial charge in [-0.3, -0.25) is 14.9 Å². The van der Waals surface area contributed by atoms with Crippen molar-refractivity contribution in [3.8, 4) is 0 Å². The van der Waals surface area contributed by atoms with Crippen LogP contribution in [0.2, 0.25) is 0 Å². The van der Waals surface area contributed by atoms with Crippen molar-refractivity contribution < 1.29 is 14.6 Å². The molecule has 156 valence electrons. The number of nitrogens with zero attached hydrogens (tertiary/aromatic N) is 1. The number of hydrogen-bond donors (Lipinski definition) is 3. The molecule has 0 radical (unpaired) electrons. The van der Waals surface area contributed by atoms with Crippen LogP contribution >= 0.6 is 0 Å². The number of carbonyl (C=O) groups is 1. The van der Waals surface area contributed by atoms with Crippen LogP contribution in [0.25, 0.3) is 10.9 Å². The van der Waals surface area contributed by atoms with Gasteiger partial charge in [-0.1, -0.05) is 30.3 Å². The Kier molecular flexibility index (Phi) is 6.09. The van der Waals surface area contributed by atoms with E-state index in [1.807, 2.05) is 36.5 Å². The monoisotopic (exact) mass is 407 g/mol. The first-order valence-electron chi connectivity index (χ1n) is 10.5. The number of aromatic amines is 1. The van der Waals surface area contributed by atoms with Crippen LogP contribution < -0.4 is 10.2 Å². The quantitative estimate of drug-likeness (QED) is 0.395. The van der Waals surface area contributed by atoms with Gasteiger partial charge in [0.25, 0.3) is 5.69 Å². The maximum Gasteiger partial charge on any atom is 0.269 e. The number of aromatic nitrogens is 1. The smallest absolute Gasteiger partial charge is 0.269 e. The molecule has 0 aliphatic carbocycles. The van der Waals surface area contributed by atoms with E-state index in [0.29, 0.717) is 6.54 Å². The first-order chi connectivity index (χ1) is 14.6. The summed E-state index contributed by atoms with van der Waals surface area (Å²) >= 11 is 0. The molecule has 1 atom stereocenters. The molecule has 0 spiro atoms. The van der Waals surface area contributed by atoms with E-state index in [4.69, 9.17) is 0 Å². The number of likely N-dealkylation sites (tertiary alicyclic amines) is 1. The number of non-ortho nitro benzene ring substituents is 1. The number of carbonyl (C=O) groups excluding carboxylic acids is 1. The molecular formula is C23H27N4O3+. The van der Waals surface area contributed by atoms with E-state index in [9.17, 15) is 14.9 Å². The Labute approximate surface area is 175 Å². The van der Waals surface area contributed by atoms with Gasteiger partial charge in [0.2, 0.25) is 5.91 Å². The Morgan fingerprint density at radius 2 is 1.97 bits per heavy atom. The summed E-state index contributed by atoms with van der Waals surface area (Å²) in [6.07, 6.45) is 4.69. The SMILES string of the molecule is O=C(C[C@@H](c1cccc([N+](=O)[O-])c1)c1c[nH]c2ccccc12)NCC[NH+]1CCCC1. The lowest BCUT2D eigenvalue weighted by Gasteiger charge is -2.18. The minimum Gasteiger partial charge on any atom is -0.361 e. The van der Waals surface area contributed by atoms with E-state index >= 15 is 0 Å². The summed E-state index contributed by atoms with van der Waals surface area (Å²) in [5.74, 6) is -0.296. The number of H-pyrrole nitrogens is 1. The summed E-state index contributed by atoms with van der Waals surface area (Å²) in [7, 11) is 0. The molecule has 7 heteroatoms. The zero-order valence-corrected chi connectivity index (χ0v) is 16.9. The zero-order chi connectivity index (χ0) is 20.9. The number of hydrogen-bond acceptors (Lipinski definition) is 3. The van der Waals surface area contributed by atoms with Crippen LogP contribution in [-0.4, -0.2) is 42.0 Å². The number of quaternary nitrogens is 1. The predicted octanol–water partition coefficient (Wildman–Crippen LogP) is 2.39. The Balaban J connectivity index is 1.56. The van der Waals surface area contributed by atoms with E-state index < -0.39 is 4.92 Å². The Bertz CT molecular complexity index is 1040. The number of nitrogens with one attached hydrogen (secondary N) is 3. The average Bonchev–Trinajstić information content (AvgIpc) is 3.42. The molecule has 1 fully saturated rings. The second-order valence-electron chi connectivity index (χ2n) is 7.96. The van der Waals surface area contributed by atoms with Gasteiger partial charge in [-0.25, -0.2) is 0 Å². The van der Waals surface area contributed by atoms with Crippen molar-refractivity contribution in [2.24, 2.45) is 0 Å². The summed E-state index contributed by atoms with van der Waals surface area (Å²) in [6, 6.07) is 14.5. The van der Waals surface area contributed by atoms with Crippen molar-refractivity contribution >= 4 is 22.5 Å². The van der Waals surface area contributed by atoms with Gasteiger partial charge in [-0.05, 0) is 17.2 Å². The fraction of sp³-hybridized carbons (Fsp3) is 0.348. The molecule has 30 heavy (non-hydrogen) atoms. The Morgan fingerprint density at radius 3 is 2.77 bits per heavy atom. The third-order valence-corrected chi connectivity index (χ3v) is 5.98. The highest BCUT2D eigenvalue weighted by atomic mass is 16.6. The van der Waals surface area contributed by atoms with Crippen LogP contribution in [0.5, 0.6) is 0 Å². The van der Waals surface area contributed by atoms with Crippen molar-refractivity contribution in [1.82, 2.24) is 10.3 Å². The van der Waals surface area contributed by atoms with E-state index in [2.05, 4.69) is 10.3 Å². The predicted molar refractivity (Wildman–Crippen MR) is 116 cm³/mol. The van der Waals surface area contributed by atoms with Gasteiger partial charge in [0.15, 0.2) is 0 Å². The number of rotatable bonds is 8. The summed E-state index contributed by atoms with van der Waals surface area (Å²) < 4.78 is 0. The zero-order valence-electron chi connectivity index (χ0n) is 16.9. The molecule has 4 rings (SSSR count). The van der Waals surface area contributed by atoms with Crippen LogP contribution in [0.15, 0.2) is 54.7 Å². The standard InChI is InChI=1S/C23H26N4O3/c28-23(24-10-13-26-11-3-4-12-26)15-20(17-6-5-7-18(14-17)27(29)30)21-16-25-22-9-2-1-8-19(21)22/h1-2,5-9,14,16,20,25H,3-4,10-13,15H2,(H,24,28)/p+1/t20-/m0/s1. The number of benzene rings is 2. The second kappa shape index (κ2) is 9.09. The van der Waals surface area contributed by atoms with Crippen LogP contribution in [0.1, 0.15) is 36.3 Å². The Hall–Kier alpha value is -3.19. The normalized spacial score (nSPS) is 15.3. The highest BCUT2D eigenvalue weighted by Gasteiger charge is 2.23. The lowest BCUT2D eigenvalue weighted by molar-refractivity contribution is -0.886.